The minimum atomic E-state index is -0.916. The predicted octanol–water partition coefficient (Wildman–Crippen LogP) is 5.22. The Morgan fingerprint density at radius 1 is 1.03 bits per heavy atom. The third kappa shape index (κ3) is 6.52. The van der Waals surface area contributed by atoms with Crippen LogP contribution in [0.5, 0.6) is 0 Å². The maximum absolute atomic E-state index is 14.9. The molecule has 31 heavy (non-hydrogen) atoms. The molecule has 1 heterocycles. The first-order chi connectivity index (χ1) is 15.0. The number of nitrogens with zero attached hydrogens (tertiary/aromatic N) is 1. The van der Waals surface area contributed by atoms with Gasteiger partial charge >= 0.3 is 6.03 Å². The number of fused-ring (bicyclic) bond motifs is 1. The topological polar surface area (TPSA) is 44.4 Å². The lowest BCUT2D eigenvalue weighted by molar-refractivity contribution is 0.180. The van der Waals surface area contributed by atoms with Crippen molar-refractivity contribution in [3.63, 3.8) is 0 Å². The minimum Gasteiger partial charge on any atom is -0.335 e. The normalized spacial score (nSPS) is 38.4. The molecule has 0 bridgehead atoms. The van der Waals surface area contributed by atoms with Gasteiger partial charge in [0.2, 0.25) is 0 Å². The number of likely N-dealkylation sites (tertiary alicyclic amines) is 1. The molecule has 4 fully saturated rings. The summed E-state index contributed by atoms with van der Waals surface area (Å²) in [6.07, 6.45) is 11.8. The zero-order valence-electron chi connectivity index (χ0n) is 19.7. The zero-order chi connectivity index (χ0) is 21.8. The van der Waals surface area contributed by atoms with Crippen LogP contribution in [-0.2, 0) is 0 Å². The number of alkyl halides is 1. The number of thioether (sulfide) groups is 1. The second kappa shape index (κ2) is 11.1. The lowest BCUT2D eigenvalue weighted by Gasteiger charge is -2.35. The second-order valence-corrected chi connectivity index (χ2v) is 12.4. The van der Waals surface area contributed by atoms with E-state index in [9.17, 15) is 9.18 Å². The van der Waals surface area contributed by atoms with E-state index in [1.54, 1.807) is 0 Å². The fourth-order valence-electron chi connectivity index (χ4n) is 6.75. The SMILES string of the molecule is CC(NC(=O)NC1CCC(SCC2CCC3CN(C)CC3C2)CC1F)C1CCCCC1. The van der Waals surface area contributed by atoms with Crippen LogP contribution in [0.15, 0.2) is 0 Å². The second-order valence-electron chi connectivity index (χ2n) is 11.1. The molecule has 0 aromatic heterocycles. The van der Waals surface area contributed by atoms with Gasteiger partial charge < -0.3 is 15.5 Å². The van der Waals surface area contributed by atoms with Crippen molar-refractivity contribution in [1.29, 1.82) is 0 Å². The molecule has 4 aliphatic rings. The largest absolute Gasteiger partial charge is 0.335 e. The Morgan fingerprint density at radius 3 is 2.58 bits per heavy atom. The van der Waals surface area contributed by atoms with Gasteiger partial charge in [0.05, 0.1) is 6.04 Å². The van der Waals surface area contributed by atoms with E-state index in [2.05, 4.69) is 29.5 Å². The van der Waals surface area contributed by atoms with Crippen molar-refractivity contribution in [1.82, 2.24) is 15.5 Å². The van der Waals surface area contributed by atoms with Crippen molar-refractivity contribution >= 4 is 17.8 Å². The van der Waals surface area contributed by atoms with Crippen LogP contribution >= 0.6 is 11.8 Å². The standard InChI is InChI=1S/C25H44FN3OS/c1-17(19-6-4-3-5-7-19)27-25(30)28-24-11-10-22(13-23(24)26)31-16-18-8-9-20-14-29(2)15-21(20)12-18/h17-24H,3-16H2,1-2H3,(H2,27,28,30). The number of amides is 2. The Bertz CT molecular complexity index is 587. The van der Waals surface area contributed by atoms with E-state index in [1.165, 1.54) is 70.2 Å². The number of rotatable bonds is 6. The van der Waals surface area contributed by atoms with Gasteiger partial charge in [0.25, 0.3) is 0 Å². The summed E-state index contributed by atoms with van der Waals surface area (Å²) in [5.74, 6) is 4.41. The molecular weight excluding hydrogens is 409 g/mol. The van der Waals surface area contributed by atoms with Gasteiger partial charge in [0.1, 0.15) is 6.17 Å². The molecule has 4 rings (SSSR count). The van der Waals surface area contributed by atoms with Crippen molar-refractivity contribution in [3.05, 3.63) is 0 Å². The van der Waals surface area contributed by atoms with Crippen LogP contribution in [0.1, 0.15) is 77.6 Å². The van der Waals surface area contributed by atoms with Crippen molar-refractivity contribution in [2.24, 2.45) is 23.7 Å². The van der Waals surface area contributed by atoms with E-state index in [4.69, 9.17) is 0 Å². The number of urea groups is 1. The number of halogens is 1. The van der Waals surface area contributed by atoms with Gasteiger partial charge in [-0.15, -0.1) is 0 Å². The average molecular weight is 454 g/mol. The summed E-state index contributed by atoms with van der Waals surface area (Å²) in [6, 6.07) is -0.310. The van der Waals surface area contributed by atoms with Crippen LogP contribution in [0.25, 0.3) is 0 Å². The highest BCUT2D eigenvalue weighted by atomic mass is 32.2. The summed E-state index contributed by atoms with van der Waals surface area (Å²) >= 11 is 2.01. The van der Waals surface area contributed by atoms with Crippen LogP contribution in [0.2, 0.25) is 0 Å². The van der Waals surface area contributed by atoms with Gasteiger partial charge in [-0.2, -0.15) is 11.8 Å². The number of hydrogen-bond acceptors (Lipinski definition) is 3. The Hall–Kier alpha value is -0.490. The number of carbonyl (C=O) groups excluding carboxylic acids is 1. The monoisotopic (exact) mass is 453 g/mol. The highest BCUT2D eigenvalue weighted by Crippen LogP contribution is 2.41. The van der Waals surface area contributed by atoms with Gasteiger partial charge in [-0.3, -0.25) is 0 Å². The molecule has 3 saturated carbocycles. The minimum absolute atomic E-state index is 0.171. The maximum Gasteiger partial charge on any atom is 0.315 e. The summed E-state index contributed by atoms with van der Waals surface area (Å²) in [7, 11) is 2.26. The molecule has 0 radical (unpaired) electrons. The molecule has 0 aromatic carbocycles. The van der Waals surface area contributed by atoms with Gasteiger partial charge in [-0.1, -0.05) is 19.3 Å². The van der Waals surface area contributed by atoms with Crippen molar-refractivity contribution < 1.29 is 9.18 Å². The Morgan fingerprint density at radius 2 is 1.81 bits per heavy atom. The Balaban J connectivity index is 1.14. The zero-order valence-corrected chi connectivity index (χ0v) is 20.5. The molecule has 0 spiro atoms. The molecule has 3 aliphatic carbocycles. The summed E-state index contributed by atoms with van der Waals surface area (Å²) in [4.78, 5) is 14.9. The highest BCUT2D eigenvalue weighted by Gasteiger charge is 2.37. The van der Waals surface area contributed by atoms with Crippen molar-refractivity contribution in [2.45, 2.75) is 101 Å². The van der Waals surface area contributed by atoms with E-state index in [-0.39, 0.29) is 18.1 Å². The molecule has 6 heteroatoms. The van der Waals surface area contributed by atoms with Crippen LogP contribution in [0, 0.1) is 23.7 Å². The van der Waals surface area contributed by atoms with E-state index in [0.29, 0.717) is 17.6 Å². The molecule has 1 aliphatic heterocycles. The number of hydrogen-bond donors (Lipinski definition) is 2. The molecule has 7 unspecified atom stereocenters. The predicted molar refractivity (Wildman–Crippen MR) is 128 cm³/mol. The van der Waals surface area contributed by atoms with Crippen LogP contribution in [0.3, 0.4) is 0 Å². The summed E-state index contributed by atoms with van der Waals surface area (Å²) in [5, 5.41) is 6.47. The third-order valence-electron chi connectivity index (χ3n) is 8.66. The first-order valence-electron chi connectivity index (χ1n) is 13.0. The van der Waals surface area contributed by atoms with Crippen LogP contribution in [-0.4, -0.2) is 60.3 Å². The lowest BCUT2D eigenvalue weighted by atomic mass is 9.77. The molecule has 178 valence electrons. The quantitative estimate of drug-likeness (QED) is 0.579. The van der Waals surface area contributed by atoms with E-state index in [0.717, 1.165) is 30.6 Å². The molecular formula is C25H44FN3OS. The lowest BCUT2D eigenvalue weighted by Crippen LogP contribution is -2.52. The van der Waals surface area contributed by atoms with Crippen molar-refractivity contribution in [3.8, 4) is 0 Å². The molecule has 1 saturated heterocycles. The smallest absolute Gasteiger partial charge is 0.315 e. The maximum atomic E-state index is 14.9. The first kappa shape index (κ1) is 23.7. The van der Waals surface area contributed by atoms with Crippen LogP contribution in [0.4, 0.5) is 9.18 Å². The van der Waals surface area contributed by atoms with Gasteiger partial charge in [0.15, 0.2) is 0 Å². The highest BCUT2D eigenvalue weighted by molar-refractivity contribution is 7.99. The molecule has 7 atom stereocenters. The van der Waals surface area contributed by atoms with Crippen LogP contribution < -0.4 is 10.6 Å². The third-order valence-corrected chi connectivity index (χ3v) is 10.2. The molecule has 2 N–H and O–H groups in total. The molecule has 0 aromatic rings. The van der Waals surface area contributed by atoms with E-state index < -0.39 is 6.17 Å². The Labute approximate surface area is 193 Å². The number of nitrogens with one attached hydrogen (secondary N) is 2. The average Bonchev–Trinajstić information content (AvgIpc) is 3.13. The summed E-state index contributed by atoms with van der Waals surface area (Å²) < 4.78 is 14.9. The fourth-order valence-corrected chi connectivity index (χ4v) is 8.22. The molecule has 4 nitrogen and oxygen atoms in total. The van der Waals surface area contributed by atoms with Gasteiger partial charge in [-0.25, -0.2) is 9.18 Å². The fraction of sp³-hybridized carbons (Fsp3) is 0.960. The number of carbonyl (C=O) groups is 1. The van der Waals surface area contributed by atoms with Gasteiger partial charge in [-0.05, 0) is 94.8 Å². The Kier molecular flexibility index (Phi) is 8.46. The first-order valence-corrected chi connectivity index (χ1v) is 14.0. The van der Waals surface area contributed by atoms with E-state index in [1.807, 2.05) is 11.8 Å². The van der Waals surface area contributed by atoms with E-state index >= 15 is 0 Å². The van der Waals surface area contributed by atoms with Crippen molar-refractivity contribution in [2.75, 3.05) is 25.9 Å². The summed E-state index contributed by atoms with van der Waals surface area (Å²) in [6.45, 7) is 4.67. The molecule has 2 amide bonds. The van der Waals surface area contributed by atoms with Gasteiger partial charge in [0, 0.05) is 24.4 Å². The summed E-state index contributed by atoms with van der Waals surface area (Å²) in [5.41, 5.74) is 0.